The van der Waals surface area contributed by atoms with Crippen molar-refractivity contribution < 1.29 is 0 Å². The summed E-state index contributed by atoms with van der Waals surface area (Å²) in [7, 11) is 4.43. The smallest absolute Gasteiger partial charge is 0.146 e. The molecule has 19 heavy (non-hydrogen) atoms. The molecule has 1 atom stereocenters. The van der Waals surface area contributed by atoms with E-state index < -0.39 is 0 Å². The number of likely N-dealkylation sites (tertiary alicyclic amines) is 1. The second-order valence-electron chi connectivity index (χ2n) is 5.74. The SMILES string of the molecule is CCCn1cnnc1CN(C)CC[C@H]1CCCN1C. The lowest BCUT2D eigenvalue weighted by Crippen LogP contribution is -2.30. The molecule has 0 N–H and O–H groups in total. The minimum absolute atomic E-state index is 0.774. The summed E-state index contributed by atoms with van der Waals surface area (Å²) in [6.45, 7) is 6.49. The van der Waals surface area contributed by atoms with Gasteiger partial charge in [0.2, 0.25) is 0 Å². The minimum Gasteiger partial charge on any atom is -0.317 e. The summed E-state index contributed by atoms with van der Waals surface area (Å²) in [5.41, 5.74) is 0. The topological polar surface area (TPSA) is 37.2 Å². The third-order valence-corrected chi connectivity index (χ3v) is 4.09. The number of nitrogens with zero attached hydrogens (tertiary/aromatic N) is 5. The summed E-state index contributed by atoms with van der Waals surface area (Å²) in [5.74, 6) is 1.09. The standard InChI is InChI=1S/C14H27N5/c1-4-8-19-12-15-16-14(19)11-17(2)10-7-13-6-5-9-18(13)3/h12-13H,4-11H2,1-3H3/t13-/m1/s1. The molecule has 0 radical (unpaired) electrons. The van der Waals surface area contributed by atoms with Crippen LogP contribution < -0.4 is 0 Å². The Morgan fingerprint density at radius 1 is 1.47 bits per heavy atom. The molecule has 1 fully saturated rings. The first-order valence-electron chi connectivity index (χ1n) is 7.46. The highest BCUT2D eigenvalue weighted by molar-refractivity contribution is 4.86. The zero-order valence-electron chi connectivity index (χ0n) is 12.5. The second-order valence-corrected chi connectivity index (χ2v) is 5.74. The highest BCUT2D eigenvalue weighted by Gasteiger charge is 2.20. The van der Waals surface area contributed by atoms with Crippen molar-refractivity contribution in [3.63, 3.8) is 0 Å². The van der Waals surface area contributed by atoms with Crippen molar-refractivity contribution in [3.05, 3.63) is 12.2 Å². The number of rotatable bonds is 7. The van der Waals surface area contributed by atoms with E-state index in [-0.39, 0.29) is 0 Å². The highest BCUT2D eigenvalue weighted by Crippen LogP contribution is 2.18. The van der Waals surface area contributed by atoms with E-state index in [1.165, 1.54) is 25.8 Å². The first kappa shape index (κ1) is 14.5. The van der Waals surface area contributed by atoms with Crippen LogP contribution in [0.15, 0.2) is 6.33 Å². The van der Waals surface area contributed by atoms with Gasteiger partial charge in [0.05, 0.1) is 6.54 Å². The fourth-order valence-electron chi connectivity index (χ4n) is 2.86. The summed E-state index contributed by atoms with van der Waals surface area (Å²) < 4.78 is 2.16. The predicted molar refractivity (Wildman–Crippen MR) is 76.9 cm³/mol. The zero-order chi connectivity index (χ0) is 13.7. The molecule has 108 valence electrons. The van der Waals surface area contributed by atoms with E-state index in [0.29, 0.717) is 0 Å². The van der Waals surface area contributed by atoms with Gasteiger partial charge in [0, 0.05) is 12.6 Å². The molecule has 0 saturated carbocycles. The summed E-state index contributed by atoms with van der Waals surface area (Å²) in [6, 6.07) is 0.774. The Hall–Kier alpha value is -0.940. The summed E-state index contributed by atoms with van der Waals surface area (Å²) in [5, 5.41) is 8.25. The van der Waals surface area contributed by atoms with Gasteiger partial charge in [-0.25, -0.2) is 0 Å². The van der Waals surface area contributed by atoms with Crippen molar-refractivity contribution in [2.45, 2.75) is 51.7 Å². The van der Waals surface area contributed by atoms with Crippen molar-refractivity contribution in [2.24, 2.45) is 0 Å². The van der Waals surface area contributed by atoms with Crippen LogP contribution in [0.2, 0.25) is 0 Å². The highest BCUT2D eigenvalue weighted by atomic mass is 15.3. The van der Waals surface area contributed by atoms with Crippen molar-refractivity contribution in [2.75, 3.05) is 27.2 Å². The molecule has 0 bridgehead atoms. The number of hydrogen-bond donors (Lipinski definition) is 0. The molecular formula is C14H27N5. The first-order chi connectivity index (χ1) is 9.20. The number of aryl methyl sites for hydroxylation is 1. The Balaban J connectivity index is 1.77. The molecule has 5 heteroatoms. The van der Waals surface area contributed by atoms with Gasteiger partial charge >= 0.3 is 0 Å². The maximum Gasteiger partial charge on any atom is 0.146 e. The summed E-state index contributed by atoms with van der Waals surface area (Å²) >= 11 is 0. The van der Waals surface area contributed by atoms with Gasteiger partial charge < -0.3 is 9.47 Å². The second kappa shape index (κ2) is 7.01. The Labute approximate surface area is 116 Å². The van der Waals surface area contributed by atoms with Crippen LogP contribution in [-0.2, 0) is 13.1 Å². The fraction of sp³-hybridized carbons (Fsp3) is 0.857. The molecular weight excluding hydrogens is 238 g/mol. The van der Waals surface area contributed by atoms with Crippen LogP contribution in [0.25, 0.3) is 0 Å². The van der Waals surface area contributed by atoms with Gasteiger partial charge in [-0.1, -0.05) is 6.92 Å². The molecule has 1 aliphatic rings. The van der Waals surface area contributed by atoms with Gasteiger partial charge in [-0.05, 0) is 52.9 Å². The Morgan fingerprint density at radius 3 is 3.00 bits per heavy atom. The normalized spacial score (nSPS) is 20.5. The molecule has 1 aromatic heterocycles. The van der Waals surface area contributed by atoms with E-state index in [0.717, 1.165) is 37.9 Å². The quantitative estimate of drug-likeness (QED) is 0.750. The monoisotopic (exact) mass is 265 g/mol. The Bertz CT molecular complexity index is 376. The van der Waals surface area contributed by atoms with Crippen LogP contribution in [0.3, 0.4) is 0 Å². The van der Waals surface area contributed by atoms with Gasteiger partial charge in [0.1, 0.15) is 12.2 Å². The average molecular weight is 265 g/mol. The Kier molecular flexibility index (Phi) is 5.34. The lowest BCUT2D eigenvalue weighted by atomic mass is 10.1. The average Bonchev–Trinajstić information content (AvgIpc) is 2.97. The van der Waals surface area contributed by atoms with Gasteiger partial charge in [-0.15, -0.1) is 10.2 Å². The van der Waals surface area contributed by atoms with Crippen LogP contribution in [-0.4, -0.2) is 57.8 Å². The lowest BCUT2D eigenvalue weighted by Gasteiger charge is -2.23. The molecule has 2 heterocycles. The maximum atomic E-state index is 4.23. The van der Waals surface area contributed by atoms with Gasteiger partial charge in [0.25, 0.3) is 0 Å². The largest absolute Gasteiger partial charge is 0.317 e. The van der Waals surface area contributed by atoms with Crippen molar-refractivity contribution in [3.8, 4) is 0 Å². The van der Waals surface area contributed by atoms with Gasteiger partial charge in [-0.3, -0.25) is 4.90 Å². The molecule has 0 aliphatic carbocycles. The van der Waals surface area contributed by atoms with Gasteiger partial charge in [0.15, 0.2) is 0 Å². The molecule has 0 aromatic carbocycles. The molecule has 0 amide bonds. The molecule has 1 saturated heterocycles. The number of aromatic nitrogens is 3. The van der Waals surface area contributed by atoms with E-state index in [2.05, 4.69) is 45.6 Å². The van der Waals surface area contributed by atoms with E-state index in [1.54, 1.807) is 0 Å². The summed E-state index contributed by atoms with van der Waals surface area (Å²) in [4.78, 5) is 4.86. The predicted octanol–water partition coefficient (Wildman–Crippen LogP) is 1.60. The molecule has 1 aliphatic heterocycles. The number of hydrogen-bond acceptors (Lipinski definition) is 4. The van der Waals surface area contributed by atoms with Crippen LogP contribution in [0.5, 0.6) is 0 Å². The molecule has 2 rings (SSSR count). The van der Waals surface area contributed by atoms with Crippen molar-refractivity contribution in [1.29, 1.82) is 0 Å². The zero-order valence-corrected chi connectivity index (χ0v) is 12.5. The van der Waals surface area contributed by atoms with Crippen molar-refractivity contribution >= 4 is 0 Å². The van der Waals surface area contributed by atoms with E-state index in [4.69, 9.17) is 0 Å². The van der Waals surface area contributed by atoms with E-state index in [9.17, 15) is 0 Å². The molecule has 0 spiro atoms. The maximum absolute atomic E-state index is 4.23. The minimum atomic E-state index is 0.774. The van der Waals surface area contributed by atoms with Crippen LogP contribution in [0, 0.1) is 0 Å². The molecule has 0 unspecified atom stereocenters. The molecule has 1 aromatic rings. The van der Waals surface area contributed by atoms with Crippen LogP contribution in [0.1, 0.15) is 38.4 Å². The third kappa shape index (κ3) is 4.01. The lowest BCUT2D eigenvalue weighted by molar-refractivity contribution is 0.240. The van der Waals surface area contributed by atoms with Crippen LogP contribution in [0.4, 0.5) is 0 Å². The van der Waals surface area contributed by atoms with E-state index in [1.807, 2.05) is 6.33 Å². The Morgan fingerprint density at radius 2 is 2.32 bits per heavy atom. The fourth-order valence-corrected chi connectivity index (χ4v) is 2.86. The van der Waals surface area contributed by atoms with Gasteiger partial charge in [-0.2, -0.15) is 0 Å². The van der Waals surface area contributed by atoms with Crippen molar-refractivity contribution in [1.82, 2.24) is 24.6 Å². The summed E-state index contributed by atoms with van der Waals surface area (Å²) in [6.07, 6.45) is 6.94. The third-order valence-electron chi connectivity index (χ3n) is 4.09. The van der Waals surface area contributed by atoms with Crippen LogP contribution >= 0.6 is 0 Å². The van der Waals surface area contributed by atoms with E-state index >= 15 is 0 Å². The first-order valence-corrected chi connectivity index (χ1v) is 7.46. The molecule has 5 nitrogen and oxygen atoms in total.